The molecular weight excluding hydrogens is 234 g/mol. The van der Waals surface area contributed by atoms with Crippen molar-refractivity contribution in [2.45, 2.75) is 47.1 Å². The summed E-state index contributed by atoms with van der Waals surface area (Å²) in [5.74, 6) is -0.204. The Balaban J connectivity index is 3.05. The van der Waals surface area contributed by atoms with Crippen molar-refractivity contribution in [1.82, 2.24) is 9.78 Å². The summed E-state index contributed by atoms with van der Waals surface area (Å²) in [5.41, 5.74) is 1.09. The molecule has 6 heteroatoms. The van der Waals surface area contributed by atoms with Crippen molar-refractivity contribution < 1.29 is 14.3 Å². The summed E-state index contributed by atoms with van der Waals surface area (Å²) in [5, 5.41) is 6.72. The number of rotatable bonds is 1. The smallest absolute Gasteiger partial charge is 0.435 e. The van der Waals surface area contributed by atoms with Crippen LogP contribution in [-0.4, -0.2) is 27.4 Å². The summed E-state index contributed by atoms with van der Waals surface area (Å²) in [6, 6.07) is 0. The number of nitrogens with one attached hydrogen (secondary N) is 1. The Hall–Kier alpha value is -1.85. The van der Waals surface area contributed by atoms with Gasteiger partial charge in [0, 0.05) is 6.92 Å². The Morgan fingerprint density at radius 3 is 2.28 bits per heavy atom. The Morgan fingerprint density at radius 1 is 1.28 bits per heavy atom. The van der Waals surface area contributed by atoms with E-state index >= 15 is 0 Å². The first-order valence-corrected chi connectivity index (χ1v) is 5.69. The van der Waals surface area contributed by atoms with Gasteiger partial charge < -0.3 is 10.1 Å². The maximum atomic E-state index is 11.9. The van der Waals surface area contributed by atoms with Gasteiger partial charge in [0.25, 0.3) is 0 Å². The third-order valence-corrected chi connectivity index (χ3v) is 2.16. The van der Waals surface area contributed by atoms with Crippen LogP contribution in [0, 0.1) is 13.8 Å². The van der Waals surface area contributed by atoms with Crippen molar-refractivity contribution >= 4 is 17.7 Å². The molecule has 1 N–H and O–H groups in total. The average Bonchev–Trinajstić information content (AvgIpc) is 2.42. The molecule has 0 saturated heterocycles. The lowest BCUT2D eigenvalue weighted by atomic mass is 10.2. The second-order valence-corrected chi connectivity index (χ2v) is 5.12. The highest BCUT2D eigenvalue weighted by atomic mass is 16.6. The van der Waals surface area contributed by atoms with Gasteiger partial charge in [0.2, 0.25) is 5.91 Å². The predicted octanol–water partition coefficient (Wildman–Crippen LogP) is 2.24. The van der Waals surface area contributed by atoms with Crippen molar-refractivity contribution in [3.63, 3.8) is 0 Å². The van der Waals surface area contributed by atoms with Crippen LogP contribution in [0.4, 0.5) is 10.5 Å². The summed E-state index contributed by atoms with van der Waals surface area (Å²) in [4.78, 5) is 23.0. The number of ether oxygens (including phenoxy) is 1. The molecule has 0 aromatic carbocycles. The fraction of sp³-hybridized carbons (Fsp3) is 0.583. The lowest BCUT2D eigenvalue weighted by Gasteiger charge is -2.19. The molecule has 18 heavy (non-hydrogen) atoms. The van der Waals surface area contributed by atoms with Crippen LogP contribution in [0.1, 0.15) is 39.1 Å². The van der Waals surface area contributed by atoms with E-state index in [1.807, 2.05) is 0 Å². The molecule has 0 atom stereocenters. The van der Waals surface area contributed by atoms with Crippen molar-refractivity contribution in [3.05, 3.63) is 11.4 Å². The van der Waals surface area contributed by atoms with E-state index in [9.17, 15) is 9.59 Å². The molecule has 1 aromatic heterocycles. The molecule has 0 radical (unpaired) electrons. The molecule has 0 unspecified atom stereocenters. The van der Waals surface area contributed by atoms with E-state index in [0.717, 1.165) is 4.68 Å². The van der Waals surface area contributed by atoms with Crippen molar-refractivity contribution in [2.24, 2.45) is 0 Å². The zero-order valence-corrected chi connectivity index (χ0v) is 11.6. The molecule has 0 aliphatic carbocycles. The minimum absolute atomic E-state index is 0.204. The molecule has 6 nitrogen and oxygen atoms in total. The van der Waals surface area contributed by atoms with Gasteiger partial charge in [-0.15, -0.1) is 0 Å². The first-order valence-electron chi connectivity index (χ1n) is 5.69. The number of aryl methyl sites for hydroxylation is 1. The molecule has 1 rings (SSSR count). The Labute approximate surface area is 106 Å². The van der Waals surface area contributed by atoms with Gasteiger partial charge in [-0.25, -0.2) is 4.79 Å². The van der Waals surface area contributed by atoms with Gasteiger partial charge in [0.1, 0.15) is 5.60 Å². The molecule has 100 valence electrons. The monoisotopic (exact) mass is 253 g/mol. The fourth-order valence-electron chi connectivity index (χ4n) is 1.48. The summed E-state index contributed by atoms with van der Waals surface area (Å²) in [6.07, 6.45) is -0.556. The van der Waals surface area contributed by atoms with Crippen molar-refractivity contribution in [1.29, 1.82) is 0 Å². The molecule has 0 fully saturated rings. The van der Waals surface area contributed by atoms with Gasteiger partial charge >= 0.3 is 6.09 Å². The maximum Gasteiger partial charge on any atom is 0.435 e. The van der Waals surface area contributed by atoms with Gasteiger partial charge in [0.05, 0.1) is 17.1 Å². The van der Waals surface area contributed by atoms with Crippen LogP contribution in [0.2, 0.25) is 0 Å². The number of anilines is 1. The van der Waals surface area contributed by atoms with Gasteiger partial charge in [-0.05, 0) is 34.6 Å². The van der Waals surface area contributed by atoms with Gasteiger partial charge in [-0.1, -0.05) is 0 Å². The Kier molecular flexibility index (Phi) is 3.79. The first-order chi connectivity index (χ1) is 8.11. The van der Waals surface area contributed by atoms with Crippen LogP contribution >= 0.6 is 0 Å². The quantitative estimate of drug-likeness (QED) is 0.833. The molecule has 0 spiro atoms. The standard InChI is InChI=1S/C12H19N3O3/c1-7-10(13-9(3)16)8(2)15(14-7)11(17)18-12(4,5)6/h1-6H3,(H,13,16). The number of hydrogen-bond acceptors (Lipinski definition) is 4. The highest BCUT2D eigenvalue weighted by Crippen LogP contribution is 2.20. The highest BCUT2D eigenvalue weighted by molar-refractivity contribution is 5.90. The Bertz CT molecular complexity index is 483. The van der Waals surface area contributed by atoms with Gasteiger partial charge in [-0.3, -0.25) is 4.79 Å². The second-order valence-electron chi connectivity index (χ2n) is 5.12. The summed E-state index contributed by atoms with van der Waals surface area (Å²) in [7, 11) is 0. The number of aromatic nitrogens is 2. The second kappa shape index (κ2) is 4.80. The van der Waals surface area contributed by atoms with Crippen molar-refractivity contribution in [3.8, 4) is 0 Å². The summed E-state index contributed by atoms with van der Waals surface area (Å²) >= 11 is 0. The Morgan fingerprint density at radius 2 is 1.83 bits per heavy atom. The third kappa shape index (κ3) is 3.32. The van der Waals surface area contributed by atoms with E-state index in [0.29, 0.717) is 17.1 Å². The zero-order chi connectivity index (χ0) is 14.1. The minimum atomic E-state index is -0.586. The van der Waals surface area contributed by atoms with Crippen LogP contribution in [0.5, 0.6) is 0 Å². The lowest BCUT2D eigenvalue weighted by Crippen LogP contribution is -2.28. The van der Waals surface area contributed by atoms with Crippen molar-refractivity contribution in [2.75, 3.05) is 5.32 Å². The highest BCUT2D eigenvalue weighted by Gasteiger charge is 2.22. The summed E-state index contributed by atoms with van der Waals surface area (Å²) in [6.45, 7) is 10.2. The van der Waals surface area contributed by atoms with Gasteiger partial charge in [-0.2, -0.15) is 9.78 Å². The van der Waals surface area contributed by atoms with Gasteiger partial charge in [0.15, 0.2) is 0 Å². The van der Waals surface area contributed by atoms with E-state index in [4.69, 9.17) is 4.74 Å². The fourth-order valence-corrected chi connectivity index (χ4v) is 1.48. The largest absolute Gasteiger partial charge is 0.442 e. The molecule has 1 aromatic rings. The number of nitrogens with zero attached hydrogens (tertiary/aromatic N) is 2. The van der Waals surface area contributed by atoms with E-state index in [-0.39, 0.29) is 5.91 Å². The van der Waals surface area contributed by atoms with Crippen LogP contribution in [0.25, 0.3) is 0 Å². The molecule has 1 heterocycles. The maximum absolute atomic E-state index is 11.9. The van der Waals surface area contributed by atoms with Crippen LogP contribution in [0.15, 0.2) is 0 Å². The topological polar surface area (TPSA) is 73.2 Å². The van der Waals surface area contributed by atoms with E-state index in [2.05, 4.69) is 10.4 Å². The van der Waals surface area contributed by atoms with E-state index in [1.165, 1.54) is 6.92 Å². The first kappa shape index (κ1) is 14.2. The number of hydrogen-bond donors (Lipinski definition) is 1. The van der Waals surface area contributed by atoms with E-state index in [1.54, 1.807) is 34.6 Å². The third-order valence-electron chi connectivity index (χ3n) is 2.16. The molecular formula is C12H19N3O3. The predicted molar refractivity (Wildman–Crippen MR) is 67.6 cm³/mol. The molecule has 0 saturated carbocycles. The molecule has 0 bridgehead atoms. The molecule has 0 aliphatic heterocycles. The zero-order valence-electron chi connectivity index (χ0n) is 11.6. The lowest BCUT2D eigenvalue weighted by molar-refractivity contribution is -0.114. The average molecular weight is 253 g/mol. The number of carbonyl (C=O) groups excluding carboxylic acids is 2. The molecule has 1 amide bonds. The van der Waals surface area contributed by atoms with Crippen LogP contribution in [0.3, 0.4) is 0 Å². The molecule has 0 aliphatic rings. The SMILES string of the molecule is CC(=O)Nc1c(C)nn(C(=O)OC(C)(C)C)c1C. The minimum Gasteiger partial charge on any atom is -0.442 e. The normalized spacial score (nSPS) is 11.2. The summed E-state index contributed by atoms with van der Waals surface area (Å²) < 4.78 is 6.39. The van der Waals surface area contributed by atoms with Crippen LogP contribution in [-0.2, 0) is 9.53 Å². The van der Waals surface area contributed by atoms with Crippen LogP contribution < -0.4 is 5.32 Å². The number of amides is 1. The van der Waals surface area contributed by atoms with E-state index < -0.39 is 11.7 Å². The number of carbonyl (C=O) groups is 2.